The Hall–Kier alpha value is -2.03. The quantitative estimate of drug-likeness (QED) is 0.653. The Balaban J connectivity index is 2.00. The van der Waals surface area contributed by atoms with Gasteiger partial charge in [0.1, 0.15) is 11.5 Å². The van der Waals surface area contributed by atoms with Gasteiger partial charge < -0.3 is 9.09 Å². The highest BCUT2D eigenvalue weighted by Crippen LogP contribution is 2.16. The molecule has 0 radical (unpaired) electrons. The smallest absolute Gasteiger partial charge is 0.133 e. The molecule has 1 aromatic carbocycles. The molecule has 0 N–H and O–H groups in total. The number of hydrogen-bond acceptors (Lipinski definition) is 2. The van der Waals surface area contributed by atoms with Gasteiger partial charge in [0.25, 0.3) is 0 Å². The van der Waals surface area contributed by atoms with Crippen LogP contribution in [0.1, 0.15) is 11.5 Å². The molecule has 0 bridgehead atoms. The van der Waals surface area contributed by atoms with Gasteiger partial charge in [0.05, 0.1) is 6.54 Å². The average molecular weight is 212 g/mol. The first-order valence-electron chi connectivity index (χ1n) is 5.29. The first-order valence-corrected chi connectivity index (χ1v) is 5.29. The maximum Gasteiger partial charge on any atom is 0.133 e. The van der Waals surface area contributed by atoms with Gasteiger partial charge in [-0.05, 0) is 24.4 Å². The maximum atomic E-state index is 5.06. The van der Waals surface area contributed by atoms with Gasteiger partial charge in [-0.25, -0.2) is 0 Å². The molecule has 0 saturated carbocycles. The number of rotatable bonds is 2. The van der Waals surface area contributed by atoms with E-state index in [4.69, 9.17) is 4.52 Å². The maximum absolute atomic E-state index is 5.06. The van der Waals surface area contributed by atoms with Crippen LogP contribution in [0.25, 0.3) is 10.9 Å². The number of aryl methyl sites for hydroxylation is 1. The van der Waals surface area contributed by atoms with Gasteiger partial charge in [0, 0.05) is 17.8 Å². The van der Waals surface area contributed by atoms with Gasteiger partial charge >= 0.3 is 0 Å². The second-order valence-electron chi connectivity index (χ2n) is 3.93. The summed E-state index contributed by atoms with van der Waals surface area (Å²) >= 11 is 0. The topological polar surface area (TPSA) is 31.0 Å². The summed E-state index contributed by atoms with van der Waals surface area (Å²) in [5.74, 6) is 0.853. The van der Waals surface area contributed by atoms with Crippen molar-refractivity contribution in [2.24, 2.45) is 0 Å². The number of para-hydroxylation sites is 1. The lowest BCUT2D eigenvalue weighted by atomic mass is 10.2. The molecule has 16 heavy (non-hydrogen) atoms. The molecule has 0 atom stereocenters. The molecule has 2 heterocycles. The van der Waals surface area contributed by atoms with E-state index in [-0.39, 0.29) is 0 Å². The zero-order valence-corrected chi connectivity index (χ0v) is 9.05. The van der Waals surface area contributed by atoms with Crippen LogP contribution >= 0.6 is 0 Å². The Bertz CT molecular complexity index is 621. The molecule has 3 nitrogen and oxygen atoms in total. The highest BCUT2D eigenvalue weighted by Gasteiger charge is 2.04. The van der Waals surface area contributed by atoms with E-state index in [1.165, 1.54) is 10.9 Å². The molecular formula is C13H12N2O. The van der Waals surface area contributed by atoms with E-state index in [1.54, 1.807) is 0 Å². The molecule has 0 aliphatic heterocycles. The molecule has 0 fully saturated rings. The molecule has 0 aliphatic carbocycles. The first-order chi connectivity index (χ1) is 7.83. The largest absolute Gasteiger partial charge is 0.361 e. The van der Waals surface area contributed by atoms with Gasteiger partial charge in [-0.1, -0.05) is 23.4 Å². The normalized spacial score (nSPS) is 11.1. The molecule has 0 spiro atoms. The lowest BCUT2D eigenvalue weighted by molar-refractivity contribution is 0.389. The zero-order valence-electron chi connectivity index (χ0n) is 9.05. The lowest BCUT2D eigenvalue weighted by Crippen LogP contribution is -1.97. The average Bonchev–Trinajstić information content (AvgIpc) is 2.87. The van der Waals surface area contributed by atoms with E-state index in [1.807, 2.05) is 25.1 Å². The number of aromatic nitrogens is 2. The lowest BCUT2D eigenvalue weighted by Gasteiger charge is -2.01. The van der Waals surface area contributed by atoms with Crippen LogP contribution in [-0.4, -0.2) is 9.72 Å². The summed E-state index contributed by atoms with van der Waals surface area (Å²) in [6.45, 7) is 2.66. The predicted octanol–water partition coefficient (Wildman–Crippen LogP) is 2.99. The van der Waals surface area contributed by atoms with Gasteiger partial charge in [-0.3, -0.25) is 0 Å². The molecule has 0 amide bonds. The monoisotopic (exact) mass is 212 g/mol. The summed E-state index contributed by atoms with van der Waals surface area (Å²) in [6, 6.07) is 12.4. The van der Waals surface area contributed by atoms with Crippen molar-refractivity contribution in [3.63, 3.8) is 0 Å². The number of hydrogen-bond donors (Lipinski definition) is 0. The predicted molar refractivity (Wildman–Crippen MR) is 62.3 cm³/mol. The van der Waals surface area contributed by atoms with Crippen molar-refractivity contribution in [1.82, 2.24) is 9.72 Å². The molecule has 0 aliphatic rings. The van der Waals surface area contributed by atoms with Crippen LogP contribution in [0.3, 0.4) is 0 Å². The van der Waals surface area contributed by atoms with Crippen LogP contribution in [0.4, 0.5) is 0 Å². The minimum Gasteiger partial charge on any atom is -0.361 e. The van der Waals surface area contributed by atoms with Crippen LogP contribution in [-0.2, 0) is 6.54 Å². The number of nitrogens with zero attached hydrogens (tertiary/aromatic N) is 2. The number of benzene rings is 1. The Morgan fingerprint density at radius 3 is 2.94 bits per heavy atom. The Labute approximate surface area is 93.3 Å². The van der Waals surface area contributed by atoms with E-state index in [9.17, 15) is 0 Å². The SMILES string of the molecule is Cc1cc(Cn2ccc3ccccc32)no1. The van der Waals surface area contributed by atoms with Crippen molar-refractivity contribution in [3.05, 3.63) is 54.0 Å². The summed E-state index contributed by atoms with van der Waals surface area (Å²) in [7, 11) is 0. The van der Waals surface area contributed by atoms with Crippen molar-refractivity contribution in [2.45, 2.75) is 13.5 Å². The van der Waals surface area contributed by atoms with E-state index in [2.05, 4.69) is 34.1 Å². The molecule has 3 rings (SSSR count). The van der Waals surface area contributed by atoms with Crippen molar-refractivity contribution in [1.29, 1.82) is 0 Å². The van der Waals surface area contributed by atoms with Crippen LogP contribution in [0.15, 0.2) is 47.1 Å². The summed E-state index contributed by atoms with van der Waals surface area (Å²) in [6.07, 6.45) is 2.08. The van der Waals surface area contributed by atoms with Crippen LogP contribution < -0.4 is 0 Å². The third-order valence-corrected chi connectivity index (χ3v) is 2.69. The third-order valence-electron chi connectivity index (χ3n) is 2.69. The fraction of sp³-hybridized carbons (Fsp3) is 0.154. The van der Waals surface area contributed by atoms with Gasteiger partial charge in [0.15, 0.2) is 0 Å². The summed E-state index contributed by atoms with van der Waals surface area (Å²) in [5, 5.41) is 5.25. The minimum absolute atomic E-state index is 0.755. The Morgan fingerprint density at radius 1 is 1.25 bits per heavy atom. The molecule has 0 saturated heterocycles. The Morgan fingerprint density at radius 2 is 2.12 bits per heavy atom. The molecule has 80 valence electrons. The van der Waals surface area contributed by atoms with Crippen LogP contribution in [0.5, 0.6) is 0 Å². The second-order valence-corrected chi connectivity index (χ2v) is 3.93. The van der Waals surface area contributed by atoms with Crippen molar-refractivity contribution >= 4 is 10.9 Å². The minimum atomic E-state index is 0.755. The highest BCUT2D eigenvalue weighted by molar-refractivity contribution is 5.79. The summed E-state index contributed by atoms with van der Waals surface area (Å²) in [4.78, 5) is 0. The van der Waals surface area contributed by atoms with E-state index < -0.39 is 0 Å². The van der Waals surface area contributed by atoms with E-state index >= 15 is 0 Å². The van der Waals surface area contributed by atoms with Gasteiger partial charge in [-0.15, -0.1) is 0 Å². The summed E-state index contributed by atoms with van der Waals surface area (Å²) < 4.78 is 7.24. The van der Waals surface area contributed by atoms with Gasteiger partial charge in [-0.2, -0.15) is 0 Å². The molecule has 3 heteroatoms. The number of fused-ring (bicyclic) bond motifs is 1. The first kappa shape index (κ1) is 9.21. The molecular weight excluding hydrogens is 200 g/mol. The van der Waals surface area contributed by atoms with E-state index in [0.29, 0.717) is 0 Å². The molecule has 0 unspecified atom stereocenters. The second kappa shape index (κ2) is 3.52. The summed E-state index contributed by atoms with van der Waals surface area (Å²) in [5.41, 5.74) is 2.18. The van der Waals surface area contributed by atoms with Gasteiger partial charge in [0.2, 0.25) is 0 Å². The van der Waals surface area contributed by atoms with Crippen molar-refractivity contribution < 1.29 is 4.52 Å². The molecule has 3 aromatic rings. The standard InChI is InChI=1S/C13H12N2O/c1-10-8-12(14-16-10)9-15-7-6-11-4-2-3-5-13(11)15/h2-8H,9H2,1H3. The van der Waals surface area contributed by atoms with E-state index in [0.717, 1.165) is 18.0 Å². The fourth-order valence-electron chi connectivity index (χ4n) is 1.95. The molecule has 2 aromatic heterocycles. The Kier molecular flexibility index (Phi) is 2.03. The van der Waals surface area contributed by atoms with Crippen LogP contribution in [0, 0.1) is 6.92 Å². The van der Waals surface area contributed by atoms with Crippen molar-refractivity contribution in [3.8, 4) is 0 Å². The third kappa shape index (κ3) is 1.50. The zero-order chi connectivity index (χ0) is 11.0. The highest BCUT2D eigenvalue weighted by atomic mass is 16.5. The van der Waals surface area contributed by atoms with Crippen molar-refractivity contribution in [2.75, 3.05) is 0 Å². The fourth-order valence-corrected chi connectivity index (χ4v) is 1.95. The van der Waals surface area contributed by atoms with Crippen LogP contribution in [0.2, 0.25) is 0 Å².